The molecule has 0 amide bonds. The zero-order valence-corrected chi connectivity index (χ0v) is 7.10. The highest BCUT2D eigenvalue weighted by atomic mass is 16.1. The molecule has 1 fully saturated rings. The zero-order valence-electron chi connectivity index (χ0n) is 7.10. The molecule has 0 radical (unpaired) electrons. The average molecular weight is 153 g/mol. The number of nitrogens with zero attached hydrogens (tertiary/aromatic N) is 1. The Morgan fingerprint density at radius 3 is 2.55 bits per heavy atom. The Bertz CT molecular complexity index is 164. The molecule has 0 unspecified atom stereocenters. The molecule has 0 N–H and O–H groups in total. The first kappa shape index (κ1) is 8.51. The molecule has 2 heteroatoms. The molecule has 0 bridgehead atoms. The number of likely N-dealkylation sites (tertiary alicyclic amines) is 1. The van der Waals surface area contributed by atoms with E-state index in [1.165, 1.54) is 19.3 Å². The maximum absolute atomic E-state index is 10.2. The second kappa shape index (κ2) is 4.32. The van der Waals surface area contributed by atoms with Crippen LogP contribution in [0.4, 0.5) is 0 Å². The van der Waals surface area contributed by atoms with Gasteiger partial charge in [0.05, 0.1) is 0 Å². The lowest BCUT2D eigenvalue weighted by molar-refractivity contribution is 0.247. The molecule has 1 saturated heterocycles. The number of piperidine rings is 1. The van der Waals surface area contributed by atoms with E-state index >= 15 is 0 Å². The van der Waals surface area contributed by atoms with Crippen molar-refractivity contribution in [3.05, 3.63) is 5.57 Å². The van der Waals surface area contributed by atoms with Gasteiger partial charge in [0, 0.05) is 12.1 Å². The standard InChI is InChI=1S/C9H15NO/c1-9(8-11)7-10-5-3-2-4-6-10/h2-7H2,1H3. The SMILES string of the molecule is CC(=C=O)CN1CCCCC1. The van der Waals surface area contributed by atoms with Crippen molar-refractivity contribution in [2.24, 2.45) is 0 Å². The van der Waals surface area contributed by atoms with E-state index in [9.17, 15) is 4.79 Å². The highest BCUT2D eigenvalue weighted by Crippen LogP contribution is 2.09. The summed E-state index contributed by atoms with van der Waals surface area (Å²) >= 11 is 0. The highest BCUT2D eigenvalue weighted by Gasteiger charge is 2.09. The average Bonchev–Trinajstić information content (AvgIpc) is 2.06. The summed E-state index contributed by atoms with van der Waals surface area (Å²) in [6.07, 6.45) is 3.92. The molecule has 0 aromatic heterocycles. The molecule has 1 heterocycles. The normalized spacial score (nSPS) is 19.4. The molecule has 0 aromatic carbocycles. The van der Waals surface area contributed by atoms with Gasteiger partial charge in [-0.05, 0) is 32.9 Å². The topological polar surface area (TPSA) is 20.3 Å². The van der Waals surface area contributed by atoms with E-state index in [1.807, 2.05) is 12.9 Å². The smallest absolute Gasteiger partial charge is 0.124 e. The van der Waals surface area contributed by atoms with E-state index in [4.69, 9.17) is 0 Å². The second-order valence-corrected chi connectivity index (χ2v) is 3.22. The van der Waals surface area contributed by atoms with Gasteiger partial charge < -0.3 is 0 Å². The van der Waals surface area contributed by atoms with Gasteiger partial charge in [0.2, 0.25) is 0 Å². The number of hydrogen-bond donors (Lipinski definition) is 0. The minimum Gasteiger partial charge on any atom is -0.299 e. The van der Waals surface area contributed by atoms with Crippen molar-refractivity contribution in [3.8, 4) is 0 Å². The van der Waals surface area contributed by atoms with Gasteiger partial charge in [-0.3, -0.25) is 4.90 Å². The van der Waals surface area contributed by atoms with Crippen molar-refractivity contribution in [1.29, 1.82) is 0 Å². The molecular formula is C9H15NO. The molecule has 62 valence electrons. The Morgan fingerprint density at radius 2 is 2.00 bits per heavy atom. The van der Waals surface area contributed by atoms with Crippen LogP contribution in [0.25, 0.3) is 0 Å². The molecule has 1 aliphatic heterocycles. The third-order valence-corrected chi connectivity index (χ3v) is 2.08. The van der Waals surface area contributed by atoms with Crippen LogP contribution in [-0.4, -0.2) is 30.5 Å². The molecule has 2 nitrogen and oxygen atoms in total. The van der Waals surface area contributed by atoms with Crippen LogP contribution >= 0.6 is 0 Å². The van der Waals surface area contributed by atoms with E-state index in [-0.39, 0.29) is 0 Å². The van der Waals surface area contributed by atoms with Gasteiger partial charge in [-0.2, -0.15) is 0 Å². The van der Waals surface area contributed by atoms with Crippen LogP contribution in [0, 0.1) is 0 Å². The van der Waals surface area contributed by atoms with Gasteiger partial charge in [0.25, 0.3) is 0 Å². The van der Waals surface area contributed by atoms with Crippen molar-refractivity contribution >= 4 is 5.94 Å². The van der Waals surface area contributed by atoms with Crippen molar-refractivity contribution in [3.63, 3.8) is 0 Å². The minimum absolute atomic E-state index is 0.823. The first-order valence-electron chi connectivity index (χ1n) is 4.26. The van der Waals surface area contributed by atoms with Crippen LogP contribution in [-0.2, 0) is 4.79 Å². The molecular weight excluding hydrogens is 138 g/mol. The predicted octanol–water partition coefficient (Wildman–Crippen LogP) is 1.25. The number of rotatable bonds is 2. The molecule has 1 rings (SSSR count). The Hall–Kier alpha value is -0.590. The lowest BCUT2D eigenvalue weighted by Gasteiger charge is -2.25. The van der Waals surface area contributed by atoms with Crippen molar-refractivity contribution in [2.45, 2.75) is 26.2 Å². The van der Waals surface area contributed by atoms with Crippen molar-refractivity contribution in [2.75, 3.05) is 19.6 Å². The van der Waals surface area contributed by atoms with Gasteiger partial charge in [0.15, 0.2) is 0 Å². The summed E-state index contributed by atoms with van der Waals surface area (Å²) in [5.41, 5.74) is 0.826. The zero-order chi connectivity index (χ0) is 8.10. The lowest BCUT2D eigenvalue weighted by atomic mass is 10.1. The van der Waals surface area contributed by atoms with Crippen LogP contribution in [0.1, 0.15) is 26.2 Å². The first-order chi connectivity index (χ1) is 5.33. The van der Waals surface area contributed by atoms with E-state index in [1.54, 1.807) is 0 Å². The molecule has 0 aromatic rings. The van der Waals surface area contributed by atoms with E-state index in [2.05, 4.69) is 4.90 Å². The second-order valence-electron chi connectivity index (χ2n) is 3.22. The summed E-state index contributed by atoms with van der Waals surface area (Å²) in [6.45, 7) is 4.98. The Kier molecular flexibility index (Phi) is 3.34. The Morgan fingerprint density at radius 1 is 1.36 bits per heavy atom. The van der Waals surface area contributed by atoms with Crippen LogP contribution < -0.4 is 0 Å². The summed E-state index contributed by atoms with van der Waals surface area (Å²) in [5, 5.41) is 0. The Labute approximate surface area is 67.9 Å². The van der Waals surface area contributed by atoms with Gasteiger partial charge in [-0.15, -0.1) is 0 Å². The summed E-state index contributed by atoms with van der Waals surface area (Å²) < 4.78 is 0. The van der Waals surface area contributed by atoms with Crippen LogP contribution in [0.2, 0.25) is 0 Å². The minimum atomic E-state index is 0.823. The van der Waals surface area contributed by atoms with Crippen molar-refractivity contribution in [1.82, 2.24) is 4.90 Å². The van der Waals surface area contributed by atoms with E-state index < -0.39 is 0 Å². The third kappa shape index (κ3) is 2.87. The van der Waals surface area contributed by atoms with E-state index in [0.29, 0.717) is 0 Å². The Balaban J connectivity index is 2.30. The largest absolute Gasteiger partial charge is 0.299 e. The van der Waals surface area contributed by atoms with Gasteiger partial charge >= 0.3 is 0 Å². The summed E-state index contributed by atoms with van der Waals surface area (Å²) in [6, 6.07) is 0. The number of carbonyl (C=O) groups excluding carboxylic acids is 1. The highest BCUT2D eigenvalue weighted by molar-refractivity contribution is 5.51. The van der Waals surface area contributed by atoms with Crippen LogP contribution in [0.15, 0.2) is 5.57 Å². The molecule has 11 heavy (non-hydrogen) atoms. The van der Waals surface area contributed by atoms with E-state index in [0.717, 1.165) is 25.2 Å². The molecule has 1 aliphatic rings. The molecule has 0 spiro atoms. The number of hydrogen-bond acceptors (Lipinski definition) is 2. The molecule has 0 aliphatic carbocycles. The summed E-state index contributed by atoms with van der Waals surface area (Å²) in [7, 11) is 0. The fourth-order valence-corrected chi connectivity index (χ4v) is 1.49. The fourth-order valence-electron chi connectivity index (χ4n) is 1.49. The van der Waals surface area contributed by atoms with Crippen LogP contribution in [0.3, 0.4) is 0 Å². The quantitative estimate of drug-likeness (QED) is 0.556. The monoisotopic (exact) mass is 153 g/mol. The third-order valence-electron chi connectivity index (χ3n) is 2.08. The van der Waals surface area contributed by atoms with Gasteiger partial charge in [-0.25, -0.2) is 4.79 Å². The maximum Gasteiger partial charge on any atom is 0.124 e. The first-order valence-corrected chi connectivity index (χ1v) is 4.26. The molecule has 0 saturated carbocycles. The molecule has 0 atom stereocenters. The van der Waals surface area contributed by atoms with Gasteiger partial charge in [-0.1, -0.05) is 6.42 Å². The summed E-state index contributed by atoms with van der Waals surface area (Å²) in [4.78, 5) is 12.5. The maximum atomic E-state index is 10.2. The van der Waals surface area contributed by atoms with Crippen LogP contribution in [0.5, 0.6) is 0 Å². The predicted molar refractivity (Wildman–Crippen MR) is 45.2 cm³/mol. The fraction of sp³-hybridized carbons (Fsp3) is 0.778. The summed E-state index contributed by atoms with van der Waals surface area (Å²) in [5.74, 6) is 1.94. The van der Waals surface area contributed by atoms with Gasteiger partial charge in [0.1, 0.15) is 5.94 Å². The lowest BCUT2D eigenvalue weighted by Crippen LogP contribution is -2.31. The van der Waals surface area contributed by atoms with Crippen molar-refractivity contribution < 1.29 is 4.79 Å².